The maximum absolute atomic E-state index is 8.85. The first-order chi connectivity index (χ1) is 8.72. The average molecular weight is 248 g/mol. The van der Waals surface area contributed by atoms with E-state index in [2.05, 4.69) is 15.0 Å². The molecule has 0 unspecified atom stereocenters. The Hall–Kier alpha value is -1.78. The Morgan fingerprint density at radius 1 is 1.28 bits per heavy atom. The number of oxime groups is 1. The third-order valence-corrected chi connectivity index (χ3v) is 3.30. The summed E-state index contributed by atoms with van der Waals surface area (Å²) in [6, 6.07) is 3.76. The number of nitrogens with two attached hydrogens (primary N) is 1. The summed E-state index contributed by atoms with van der Waals surface area (Å²) in [5.74, 6) is 0.967. The molecule has 2 rings (SSSR count). The summed E-state index contributed by atoms with van der Waals surface area (Å²) in [7, 11) is 0. The van der Waals surface area contributed by atoms with Crippen LogP contribution < -0.4 is 10.6 Å². The monoisotopic (exact) mass is 248 g/mol. The van der Waals surface area contributed by atoms with Crippen LogP contribution in [0, 0.1) is 6.92 Å². The zero-order valence-electron chi connectivity index (χ0n) is 10.8. The number of aryl methyl sites for hydroxylation is 1. The molecule has 18 heavy (non-hydrogen) atoms. The molecule has 0 saturated carbocycles. The Morgan fingerprint density at radius 2 is 1.94 bits per heavy atom. The Balaban J connectivity index is 2.37. The summed E-state index contributed by atoms with van der Waals surface area (Å²) in [4.78, 5) is 6.80. The molecular formula is C13H20N4O. The lowest BCUT2D eigenvalue weighted by Crippen LogP contribution is -2.29. The highest BCUT2D eigenvalue weighted by Crippen LogP contribution is 2.22. The van der Waals surface area contributed by atoms with Gasteiger partial charge in [-0.15, -0.1) is 0 Å². The van der Waals surface area contributed by atoms with Gasteiger partial charge >= 0.3 is 0 Å². The van der Waals surface area contributed by atoms with Crippen molar-refractivity contribution in [2.45, 2.75) is 32.6 Å². The number of hydrogen-bond acceptors (Lipinski definition) is 4. The van der Waals surface area contributed by atoms with Crippen molar-refractivity contribution in [2.75, 3.05) is 18.0 Å². The second-order valence-corrected chi connectivity index (χ2v) is 4.71. The molecular weight excluding hydrogens is 228 g/mol. The maximum Gasteiger partial charge on any atom is 0.173 e. The van der Waals surface area contributed by atoms with Crippen LogP contribution in [0.4, 0.5) is 5.82 Å². The van der Waals surface area contributed by atoms with Gasteiger partial charge in [0.2, 0.25) is 0 Å². The summed E-state index contributed by atoms with van der Waals surface area (Å²) >= 11 is 0. The van der Waals surface area contributed by atoms with Crippen LogP contribution in [0.15, 0.2) is 17.3 Å². The smallest absolute Gasteiger partial charge is 0.173 e. The molecule has 5 nitrogen and oxygen atoms in total. The summed E-state index contributed by atoms with van der Waals surface area (Å²) in [6.07, 6.45) is 4.87. The fourth-order valence-corrected chi connectivity index (χ4v) is 2.32. The van der Waals surface area contributed by atoms with Gasteiger partial charge in [-0.2, -0.15) is 0 Å². The van der Waals surface area contributed by atoms with Crippen LogP contribution in [-0.4, -0.2) is 29.1 Å². The van der Waals surface area contributed by atoms with Crippen molar-refractivity contribution in [1.29, 1.82) is 0 Å². The third kappa shape index (κ3) is 2.72. The summed E-state index contributed by atoms with van der Waals surface area (Å²) < 4.78 is 0. The van der Waals surface area contributed by atoms with Gasteiger partial charge in [0, 0.05) is 18.8 Å². The topological polar surface area (TPSA) is 74.7 Å². The highest BCUT2D eigenvalue weighted by molar-refractivity contribution is 6.01. The number of hydrogen-bond donors (Lipinski definition) is 2. The van der Waals surface area contributed by atoms with Gasteiger partial charge in [0.1, 0.15) is 5.82 Å². The number of amidine groups is 1. The number of nitrogens with zero attached hydrogens (tertiary/aromatic N) is 3. The fourth-order valence-electron chi connectivity index (χ4n) is 2.32. The van der Waals surface area contributed by atoms with Crippen LogP contribution in [-0.2, 0) is 0 Å². The Bertz CT molecular complexity index is 437. The molecule has 2 heterocycles. The predicted molar refractivity (Wildman–Crippen MR) is 72.2 cm³/mol. The lowest BCUT2D eigenvalue weighted by molar-refractivity contribution is 0.318. The van der Waals surface area contributed by atoms with Crippen molar-refractivity contribution >= 4 is 11.7 Å². The zero-order valence-corrected chi connectivity index (χ0v) is 10.8. The summed E-state index contributed by atoms with van der Waals surface area (Å²) in [6.45, 7) is 3.93. The molecule has 98 valence electrons. The van der Waals surface area contributed by atoms with Gasteiger partial charge in [0.25, 0.3) is 0 Å². The van der Waals surface area contributed by atoms with E-state index in [1.807, 2.05) is 19.1 Å². The molecule has 1 aliphatic heterocycles. The van der Waals surface area contributed by atoms with E-state index in [4.69, 9.17) is 10.9 Å². The normalized spacial score (nSPS) is 17.6. The first-order valence-corrected chi connectivity index (χ1v) is 6.43. The van der Waals surface area contributed by atoms with Crippen LogP contribution in [0.25, 0.3) is 0 Å². The molecule has 1 aliphatic rings. The molecule has 1 fully saturated rings. The van der Waals surface area contributed by atoms with E-state index < -0.39 is 0 Å². The SMILES string of the molecule is Cc1ccc(C(N)=NO)c(N2CCCCCC2)n1. The molecule has 0 bridgehead atoms. The van der Waals surface area contributed by atoms with Gasteiger partial charge in [-0.1, -0.05) is 18.0 Å². The molecule has 1 saturated heterocycles. The van der Waals surface area contributed by atoms with E-state index in [-0.39, 0.29) is 5.84 Å². The van der Waals surface area contributed by atoms with Gasteiger partial charge in [-0.25, -0.2) is 4.98 Å². The second-order valence-electron chi connectivity index (χ2n) is 4.71. The number of anilines is 1. The molecule has 0 atom stereocenters. The molecule has 0 aliphatic carbocycles. The van der Waals surface area contributed by atoms with E-state index in [1.165, 1.54) is 25.7 Å². The van der Waals surface area contributed by atoms with E-state index in [9.17, 15) is 0 Å². The van der Waals surface area contributed by atoms with Crippen LogP contribution in [0.5, 0.6) is 0 Å². The van der Waals surface area contributed by atoms with E-state index in [0.717, 1.165) is 24.6 Å². The minimum atomic E-state index is 0.127. The fraction of sp³-hybridized carbons (Fsp3) is 0.538. The highest BCUT2D eigenvalue weighted by atomic mass is 16.4. The quantitative estimate of drug-likeness (QED) is 0.362. The molecule has 0 radical (unpaired) electrons. The number of pyridine rings is 1. The zero-order chi connectivity index (χ0) is 13.0. The lowest BCUT2D eigenvalue weighted by atomic mass is 10.2. The van der Waals surface area contributed by atoms with Crippen molar-refractivity contribution < 1.29 is 5.21 Å². The van der Waals surface area contributed by atoms with Gasteiger partial charge in [0.05, 0.1) is 5.56 Å². The number of rotatable bonds is 2. The van der Waals surface area contributed by atoms with E-state index in [1.54, 1.807) is 0 Å². The molecule has 1 aromatic heterocycles. The predicted octanol–water partition coefficient (Wildman–Crippen LogP) is 1.86. The number of aromatic nitrogens is 1. The van der Waals surface area contributed by atoms with Crippen molar-refractivity contribution in [3.63, 3.8) is 0 Å². The van der Waals surface area contributed by atoms with Gasteiger partial charge in [-0.3, -0.25) is 0 Å². The van der Waals surface area contributed by atoms with Crippen molar-refractivity contribution in [1.82, 2.24) is 4.98 Å². The maximum atomic E-state index is 8.85. The van der Waals surface area contributed by atoms with Crippen molar-refractivity contribution in [2.24, 2.45) is 10.9 Å². The molecule has 0 amide bonds. The molecule has 0 aromatic carbocycles. The van der Waals surface area contributed by atoms with E-state index in [0.29, 0.717) is 5.56 Å². The van der Waals surface area contributed by atoms with E-state index >= 15 is 0 Å². The first-order valence-electron chi connectivity index (χ1n) is 6.43. The third-order valence-electron chi connectivity index (χ3n) is 3.30. The largest absolute Gasteiger partial charge is 0.409 e. The Morgan fingerprint density at radius 3 is 2.56 bits per heavy atom. The Kier molecular flexibility index (Phi) is 4.02. The highest BCUT2D eigenvalue weighted by Gasteiger charge is 2.17. The average Bonchev–Trinajstić information content (AvgIpc) is 2.66. The van der Waals surface area contributed by atoms with Crippen molar-refractivity contribution in [3.8, 4) is 0 Å². The molecule has 0 spiro atoms. The minimum Gasteiger partial charge on any atom is -0.409 e. The standard InChI is InChI=1S/C13H20N4O/c1-10-6-7-11(12(14)16-18)13(15-10)17-8-4-2-3-5-9-17/h6-7,18H,2-5,8-9H2,1H3,(H2,14,16). The molecule has 1 aromatic rings. The van der Waals surface area contributed by atoms with Gasteiger partial charge in [-0.05, 0) is 31.9 Å². The summed E-state index contributed by atoms with van der Waals surface area (Å²) in [5, 5.41) is 11.9. The van der Waals surface area contributed by atoms with Gasteiger partial charge in [0.15, 0.2) is 5.84 Å². The Labute approximate surface area is 107 Å². The van der Waals surface area contributed by atoms with Crippen LogP contribution >= 0.6 is 0 Å². The van der Waals surface area contributed by atoms with Crippen LogP contribution in [0.1, 0.15) is 36.9 Å². The van der Waals surface area contributed by atoms with Crippen molar-refractivity contribution in [3.05, 3.63) is 23.4 Å². The lowest BCUT2D eigenvalue weighted by Gasteiger charge is -2.24. The van der Waals surface area contributed by atoms with Gasteiger partial charge < -0.3 is 15.8 Å². The first kappa shape index (κ1) is 12.7. The minimum absolute atomic E-state index is 0.127. The molecule has 5 heteroatoms. The van der Waals surface area contributed by atoms with Crippen LogP contribution in [0.2, 0.25) is 0 Å². The second kappa shape index (κ2) is 5.71. The molecule has 3 N–H and O–H groups in total. The summed E-state index contributed by atoms with van der Waals surface area (Å²) in [5.41, 5.74) is 7.39. The van der Waals surface area contributed by atoms with Crippen LogP contribution in [0.3, 0.4) is 0 Å².